The number of para-hydroxylation sites is 1. The Labute approximate surface area is 149 Å². The number of hydrogen-bond acceptors (Lipinski definition) is 4. The number of sulfonamides is 1. The summed E-state index contributed by atoms with van der Waals surface area (Å²) in [6.45, 7) is 1.48. The largest absolute Gasteiger partial charge is 0.483 e. The highest BCUT2D eigenvalue weighted by molar-refractivity contribution is 7.89. The minimum atomic E-state index is -4.05. The monoisotopic (exact) mass is 388 g/mol. The molecule has 0 saturated heterocycles. The summed E-state index contributed by atoms with van der Waals surface area (Å²) in [6.07, 6.45) is 0. The third-order valence-corrected chi connectivity index (χ3v) is 4.92. The van der Waals surface area contributed by atoms with E-state index in [1.807, 2.05) is 23.9 Å². The topological polar surface area (TPSA) is 84.5 Å². The molecule has 2 N–H and O–H groups in total. The van der Waals surface area contributed by atoms with Crippen molar-refractivity contribution in [3.05, 3.63) is 58.1 Å². The fraction of sp³-hybridized carbons (Fsp3) is 0.133. The zero-order valence-electron chi connectivity index (χ0n) is 12.5. The first-order valence-electron chi connectivity index (χ1n) is 6.74. The number of amides is 1. The van der Waals surface area contributed by atoms with Gasteiger partial charge in [-0.1, -0.05) is 41.4 Å². The normalized spacial score (nSPS) is 11.1. The SMILES string of the molecule is Cc1ccccc1OCC(=O)NNS(=O)(=O)c1cc(Cl)ccc1Cl. The molecule has 0 spiro atoms. The Kier molecular flexibility index (Phi) is 6.06. The smallest absolute Gasteiger partial charge is 0.272 e. The Morgan fingerprint density at radius 2 is 1.88 bits per heavy atom. The molecule has 0 aromatic heterocycles. The lowest BCUT2D eigenvalue weighted by Crippen LogP contribution is -2.43. The molecule has 0 radical (unpaired) electrons. The van der Waals surface area contributed by atoms with Crippen LogP contribution in [0.2, 0.25) is 10.0 Å². The summed E-state index contributed by atoms with van der Waals surface area (Å²) in [6, 6.07) is 11.1. The van der Waals surface area contributed by atoms with Gasteiger partial charge in [0, 0.05) is 5.02 Å². The fourth-order valence-electron chi connectivity index (χ4n) is 1.76. The third kappa shape index (κ3) is 4.85. The van der Waals surface area contributed by atoms with E-state index in [-0.39, 0.29) is 21.5 Å². The Balaban J connectivity index is 1.95. The summed E-state index contributed by atoms with van der Waals surface area (Å²) in [5.41, 5.74) is 2.91. The Hall–Kier alpha value is -1.80. The maximum Gasteiger partial charge on any atom is 0.272 e. The second-order valence-corrected chi connectivity index (χ2v) is 7.28. The lowest BCUT2D eigenvalue weighted by molar-refractivity contribution is -0.123. The number of carbonyl (C=O) groups excluding carboxylic acids is 1. The van der Waals surface area contributed by atoms with Gasteiger partial charge in [-0.2, -0.15) is 0 Å². The number of rotatable bonds is 6. The van der Waals surface area contributed by atoms with Gasteiger partial charge in [-0.3, -0.25) is 10.2 Å². The Morgan fingerprint density at radius 1 is 1.17 bits per heavy atom. The van der Waals surface area contributed by atoms with Gasteiger partial charge in [-0.05, 0) is 36.8 Å². The van der Waals surface area contributed by atoms with Crippen molar-refractivity contribution in [2.75, 3.05) is 6.61 Å². The summed E-state index contributed by atoms with van der Waals surface area (Å²) < 4.78 is 29.6. The number of ether oxygens (including phenoxy) is 1. The van der Waals surface area contributed by atoms with E-state index in [1.54, 1.807) is 12.1 Å². The van der Waals surface area contributed by atoms with Crippen molar-refractivity contribution >= 4 is 39.1 Å². The molecule has 24 heavy (non-hydrogen) atoms. The van der Waals surface area contributed by atoms with Gasteiger partial charge < -0.3 is 4.74 Å². The van der Waals surface area contributed by atoms with Gasteiger partial charge in [0.15, 0.2) is 6.61 Å². The van der Waals surface area contributed by atoms with Crippen LogP contribution in [0.3, 0.4) is 0 Å². The summed E-state index contributed by atoms with van der Waals surface area (Å²) >= 11 is 11.6. The van der Waals surface area contributed by atoms with Crippen molar-refractivity contribution < 1.29 is 17.9 Å². The molecule has 0 bridgehead atoms. The van der Waals surface area contributed by atoms with Crippen LogP contribution in [-0.4, -0.2) is 20.9 Å². The summed E-state index contributed by atoms with van der Waals surface area (Å²) in [5.74, 6) is -0.131. The number of hydrazine groups is 1. The predicted octanol–water partition coefficient (Wildman–Crippen LogP) is 2.69. The minimum Gasteiger partial charge on any atom is -0.483 e. The van der Waals surface area contributed by atoms with E-state index < -0.39 is 15.9 Å². The van der Waals surface area contributed by atoms with Crippen molar-refractivity contribution in [1.29, 1.82) is 0 Å². The van der Waals surface area contributed by atoms with Gasteiger partial charge in [0.25, 0.3) is 15.9 Å². The van der Waals surface area contributed by atoms with Crippen molar-refractivity contribution in [3.63, 3.8) is 0 Å². The van der Waals surface area contributed by atoms with E-state index in [9.17, 15) is 13.2 Å². The number of hydrogen-bond donors (Lipinski definition) is 2. The molecule has 2 rings (SSSR count). The van der Waals surface area contributed by atoms with Crippen molar-refractivity contribution in [2.24, 2.45) is 0 Å². The molecule has 2 aromatic rings. The predicted molar refractivity (Wildman–Crippen MR) is 91.6 cm³/mol. The molecular weight excluding hydrogens is 375 g/mol. The molecule has 9 heteroatoms. The molecule has 0 heterocycles. The number of carbonyl (C=O) groups is 1. The van der Waals surface area contributed by atoms with Gasteiger partial charge in [0.1, 0.15) is 10.6 Å². The summed E-state index contributed by atoms with van der Waals surface area (Å²) in [7, 11) is -4.05. The van der Waals surface area contributed by atoms with E-state index in [2.05, 4.69) is 5.43 Å². The first-order chi connectivity index (χ1) is 11.3. The third-order valence-electron chi connectivity index (χ3n) is 2.96. The molecule has 0 aliphatic heterocycles. The van der Waals surface area contributed by atoms with E-state index in [4.69, 9.17) is 27.9 Å². The van der Waals surface area contributed by atoms with E-state index in [1.165, 1.54) is 18.2 Å². The number of halogens is 2. The van der Waals surface area contributed by atoms with E-state index in [0.29, 0.717) is 5.75 Å². The van der Waals surface area contributed by atoms with Crippen LogP contribution >= 0.6 is 23.2 Å². The van der Waals surface area contributed by atoms with Gasteiger partial charge >= 0.3 is 0 Å². The van der Waals surface area contributed by atoms with E-state index in [0.717, 1.165) is 5.56 Å². The van der Waals surface area contributed by atoms with E-state index >= 15 is 0 Å². The molecule has 2 aromatic carbocycles. The number of benzene rings is 2. The Bertz CT molecular complexity index is 856. The van der Waals surface area contributed by atoms with Gasteiger partial charge in [-0.15, -0.1) is 4.83 Å². The highest BCUT2D eigenvalue weighted by Gasteiger charge is 2.19. The lowest BCUT2D eigenvalue weighted by atomic mass is 10.2. The lowest BCUT2D eigenvalue weighted by Gasteiger charge is -2.11. The molecule has 0 fully saturated rings. The first kappa shape index (κ1) is 18.5. The summed E-state index contributed by atoms with van der Waals surface area (Å²) in [5, 5.41) is 0.186. The second-order valence-electron chi connectivity index (χ2n) is 4.78. The van der Waals surface area contributed by atoms with Crippen LogP contribution < -0.4 is 15.0 Å². The van der Waals surface area contributed by atoms with Gasteiger partial charge in [0.2, 0.25) is 0 Å². The van der Waals surface area contributed by atoms with Crippen LogP contribution in [0, 0.1) is 6.92 Å². The highest BCUT2D eigenvalue weighted by Crippen LogP contribution is 2.24. The Morgan fingerprint density at radius 3 is 2.58 bits per heavy atom. The minimum absolute atomic E-state index is 0.0164. The molecule has 128 valence electrons. The maximum atomic E-state index is 12.1. The molecule has 1 amide bonds. The van der Waals surface area contributed by atoms with Crippen LogP contribution in [0.4, 0.5) is 0 Å². The quantitative estimate of drug-likeness (QED) is 0.744. The highest BCUT2D eigenvalue weighted by atomic mass is 35.5. The average Bonchev–Trinajstić information content (AvgIpc) is 2.54. The molecule has 0 aliphatic rings. The van der Waals surface area contributed by atoms with Gasteiger partial charge in [-0.25, -0.2) is 8.42 Å². The number of aryl methyl sites for hydroxylation is 1. The molecular formula is C15H14Cl2N2O4S. The average molecular weight is 389 g/mol. The van der Waals surface area contributed by atoms with Crippen LogP contribution in [0.1, 0.15) is 5.56 Å². The van der Waals surface area contributed by atoms with Crippen molar-refractivity contribution in [3.8, 4) is 5.75 Å². The zero-order valence-corrected chi connectivity index (χ0v) is 14.9. The second kappa shape index (κ2) is 7.85. The molecule has 6 nitrogen and oxygen atoms in total. The standard InChI is InChI=1S/C15H14Cl2N2O4S/c1-10-4-2-3-5-13(10)23-9-15(20)18-19-24(21,22)14-8-11(16)6-7-12(14)17/h2-8,19H,9H2,1H3,(H,18,20). The molecule has 0 unspecified atom stereocenters. The zero-order chi connectivity index (χ0) is 17.7. The van der Waals surface area contributed by atoms with Crippen LogP contribution in [0.25, 0.3) is 0 Å². The van der Waals surface area contributed by atoms with Crippen molar-refractivity contribution in [2.45, 2.75) is 11.8 Å². The number of nitrogens with one attached hydrogen (secondary N) is 2. The van der Waals surface area contributed by atoms with Crippen LogP contribution in [0.5, 0.6) is 5.75 Å². The van der Waals surface area contributed by atoms with Crippen molar-refractivity contribution in [1.82, 2.24) is 10.3 Å². The van der Waals surface area contributed by atoms with Gasteiger partial charge in [0.05, 0.1) is 5.02 Å². The summed E-state index contributed by atoms with van der Waals surface area (Å²) in [4.78, 5) is 13.4. The fourth-order valence-corrected chi connectivity index (χ4v) is 3.38. The van der Waals surface area contributed by atoms with Crippen LogP contribution in [0.15, 0.2) is 47.4 Å². The molecule has 0 aliphatic carbocycles. The molecule has 0 saturated carbocycles. The van der Waals surface area contributed by atoms with Crippen LogP contribution in [-0.2, 0) is 14.8 Å². The molecule has 0 atom stereocenters. The maximum absolute atomic E-state index is 12.1. The first-order valence-corrected chi connectivity index (χ1v) is 8.97.